The third-order valence-electron chi connectivity index (χ3n) is 3.50. The largest absolute Gasteiger partial charge is 0.398 e. The molecule has 0 spiro atoms. The maximum absolute atomic E-state index is 5.92. The van der Waals surface area contributed by atoms with Crippen LogP contribution < -0.4 is 10.6 Å². The lowest BCUT2D eigenvalue weighted by Crippen LogP contribution is -2.24. The van der Waals surface area contributed by atoms with Gasteiger partial charge in [-0.05, 0) is 30.1 Å². The number of hydrogen-bond donors (Lipinski definition) is 1. The van der Waals surface area contributed by atoms with E-state index in [4.69, 9.17) is 10.3 Å². The lowest BCUT2D eigenvalue weighted by Gasteiger charge is -2.16. The van der Waals surface area contributed by atoms with Crippen LogP contribution in [0.5, 0.6) is 0 Å². The maximum Gasteiger partial charge on any atom is 0.266 e. The third kappa shape index (κ3) is 2.54. The van der Waals surface area contributed by atoms with Gasteiger partial charge in [-0.2, -0.15) is 4.98 Å². The number of nitrogens with zero attached hydrogens (tertiary/aromatic N) is 3. The van der Waals surface area contributed by atoms with Crippen molar-refractivity contribution in [1.29, 1.82) is 0 Å². The highest BCUT2D eigenvalue weighted by atomic mass is 16.5. The zero-order valence-corrected chi connectivity index (χ0v) is 10.9. The SMILES string of the molecule is Nc1ccccc1-c1nc(N2CCCCCC2)no1. The van der Waals surface area contributed by atoms with Crippen LogP contribution in [-0.2, 0) is 0 Å². The van der Waals surface area contributed by atoms with Crippen LogP contribution in [0.15, 0.2) is 28.8 Å². The van der Waals surface area contributed by atoms with Crippen LogP contribution in [0, 0.1) is 0 Å². The Kier molecular flexibility index (Phi) is 3.35. The summed E-state index contributed by atoms with van der Waals surface area (Å²) in [7, 11) is 0. The minimum Gasteiger partial charge on any atom is -0.398 e. The highest BCUT2D eigenvalue weighted by Crippen LogP contribution is 2.26. The minimum absolute atomic E-state index is 0.498. The first-order valence-corrected chi connectivity index (χ1v) is 6.78. The fourth-order valence-corrected chi connectivity index (χ4v) is 2.42. The van der Waals surface area contributed by atoms with E-state index < -0.39 is 0 Å². The molecule has 0 amide bonds. The molecule has 3 rings (SSSR count). The van der Waals surface area contributed by atoms with Gasteiger partial charge in [0.25, 0.3) is 11.8 Å². The van der Waals surface area contributed by atoms with Crippen LogP contribution >= 0.6 is 0 Å². The topological polar surface area (TPSA) is 68.2 Å². The van der Waals surface area contributed by atoms with Crippen molar-refractivity contribution in [3.8, 4) is 11.5 Å². The van der Waals surface area contributed by atoms with Gasteiger partial charge in [0.15, 0.2) is 0 Å². The highest BCUT2D eigenvalue weighted by Gasteiger charge is 2.17. The molecule has 0 aliphatic carbocycles. The molecule has 2 heterocycles. The van der Waals surface area contributed by atoms with E-state index in [1.165, 1.54) is 25.7 Å². The molecule has 5 nitrogen and oxygen atoms in total. The lowest BCUT2D eigenvalue weighted by molar-refractivity contribution is 0.429. The van der Waals surface area contributed by atoms with E-state index in [0.29, 0.717) is 17.5 Å². The normalized spacial score (nSPS) is 16.3. The lowest BCUT2D eigenvalue weighted by atomic mass is 10.2. The number of nitrogens with two attached hydrogens (primary N) is 1. The van der Waals surface area contributed by atoms with Crippen molar-refractivity contribution in [2.75, 3.05) is 23.7 Å². The number of hydrogen-bond acceptors (Lipinski definition) is 5. The van der Waals surface area contributed by atoms with Crippen LogP contribution in [-0.4, -0.2) is 23.2 Å². The van der Waals surface area contributed by atoms with Crippen molar-refractivity contribution in [3.05, 3.63) is 24.3 Å². The molecule has 0 bridgehead atoms. The van der Waals surface area contributed by atoms with E-state index in [0.717, 1.165) is 18.7 Å². The summed E-state index contributed by atoms with van der Waals surface area (Å²) in [5.41, 5.74) is 7.39. The molecule has 1 aromatic carbocycles. The van der Waals surface area contributed by atoms with E-state index in [9.17, 15) is 0 Å². The average Bonchev–Trinajstić information content (AvgIpc) is 2.75. The van der Waals surface area contributed by atoms with E-state index in [1.807, 2.05) is 24.3 Å². The number of nitrogen functional groups attached to an aromatic ring is 1. The Balaban J connectivity index is 1.85. The molecule has 19 heavy (non-hydrogen) atoms. The highest BCUT2D eigenvalue weighted by molar-refractivity contribution is 5.70. The van der Waals surface area contributed by atoms with Crippen molar-refractivity contribution in [2.24, 2.45) is 0 Å². The summed E-state index contributed by atoms with van der Waals surface area (Å²) in [5, 5.41) is 4.08. The molecule has 1 aliphatic heterocycles. The van der Waals surface area contributed by atoms with Crippen molar-refractivity contribution < 1.29 is 4.52 Å². The molecule has 0 atom stereocenters. The Labute approximate surface area is 112 Å². The van der Waals surface area contributed by atoms with Gasteiger partial charge < -0.3 is 15.2 Å². The molecule has 0 saturated carbocycles. The van der Waals surface area contributed by atoms with Crippen LogP contribution in [0.1, 0.15) is 25.7 Å². The van der Waals surface area contributed by atoms with Gasteiger partial charge >= 0.3 is 0 Å². The second kappa shape index (κ2) is 5.30. The zero-order chi connectivity index (χ0) is 13.1. The van der Waals surface area contributed by atoms with Crippen LogP contribution in [0.3, 0.4) is 0 Å². The Morgan fingerprint density at radius 1 is 1.05 bits per heavy atom. The Hall–Kier alpha value is -2.04. The van der Waals surface area contributed by atoms with Crippen LogP contribution in [0.4, 0.5) is 11.6 Å². The number of anilines is 2. The monoisotopic (exact) mass is 258 g/mol. The molecule has 2 aromatic rings. The van der Waals surface area contributed by atoms with Gasteiger partial charge in [0.1, 0.15) is 0 Å². The van der Waals surface area contributed by atoms with Gasteiger partial charge in [-0.15, -0.1) is 0 Å². The third-order valence-corrected chi connectivity index (χ3v) is 3.50. The van der Waals surface area contributed by atoms with Crippen molar-refractivity contribution in [3.63, 3.8) is 0 Å². The number of rotatable bonds is 2. The standard InChI is InChI=1S/C14H18N4O/c15-12-8-4-3-7-11(12)13-16-14(17-19-13)18-9-5-1-2-6-10-18/h3-4,7-8H,1-2,5-6,9-10,15H2. The summed E-state index contributed by atoms with van der Waals surface area (Å²) in [5.74, 6) is 1.18. The predicted molar refractivity (Wildman–Crippen MR) is 74.8 cm³/mol. The first-order valence-electron chi connectivity index (χ1n) is 6.78. The van der Waals surface area contributed by atoms with Crippen molar-refractivity contribution >= 4 is 11.6 Å². The van der Waals surface area contributed by atoms with Gasteiger partial charge in [-0.25, -0.2) is 0 Å². The molecule has 0 unspecified atom stereocenters. The molecule has 1 aromatic heterocycles. The molecule has 1 fully saturated rings. The van der Waals surface area contributed by atoms with Gasteiger partial charge in [0, 0.05) is 18.8 Å². The van der Waals surface area contributed by atoms with Crippen molar-refractivity contribution in [2.45, 2.75) is 25.7 Å². The van der Waals surface area contributed by atoms with Gasteiger partial charge in [0.2, 0.25) is 0 Å². The number of aromatic nitrogens is 2. The molecular formula is C14H18N4O. The summed E-state index contributed by atoms with van der Waals surface area (Å²) in [6.45, 7) is 2.01. The average molecular weight is 258 g/mol. The summed E-state index contributed by atoms with van der Waals surface area (Å²) >= 11 is 0. The minimum atomic E-state index is 0.498. The van der Waals surface area contributed by atoms with Gasteiger partial charge in [-0.3, -0.25) is 0 Å². The van der Waals surface area contributed by atoms with E-state index in [2.05, 4.69) is 15.0 Å². The molecule has 100 valence electrons. The predicted octanol–water partition coefficient (Wildman–Crippen LogP) is 2.70. The maximum atomic E-state index is 5.92. The van der Waals surface area contributed by atoms with Gasteiger partial charge in [0.05, 0.1) is 5.56 Å². The molecule has 0 radical (unpaired) electrons. The summed E-state index contributed by atoms with van der Waals surface area (Å²) in [6, 6.07) is 7.55. The Morgan fingerprint density at radius 3 is 2.53 bits per heavy atom. The van der Waals surface area contributed by atoms with Gasteiger partial charge in [-0.1, -0.05) is 25.0 Å². The first kappa shape index (κ1) is 12.0. The van der Waals surface area contributed by atoms with E-state index >= 15 is 0 Å². The van der Waals surface area contributed by atoms with E-state index in [-0.39, 0.29) is 0 Å². The summed E-state index contributed by atoms with van der Waals surface area (Å²) in [6.07, 6.45) is 4.95. The fraction of sp³-hybridized carbons (Fsp3) is 0.429. The van der Waals surface area contributed by atoms with Crippen LogP contribution in [0.25, 0.3) is 11.5 Å². The first-order chi connectivity index (χ1) is 9.34. The Bertz CT molecular complexity index is 544. The Morgan fingerprint density at radius 2 is 1.79 bits per heavy atom. The van der Waals surface area contributed by atoms with E-state index in [1.54, 1.807) is 0 Å². The van der Waals surface area contributed by atoms with Crippen LogP contribution in [0.2, 0.25) is 0 Å². The molecule has 5 heteroatoms. The molecule has 2 N–H and O–H groups in total. The fourth-order valence-electron chi connectivity index (χ4n) is 2.42. The number of benzene rings is 1. The van der Waals surface area contributed by atoms with Crippen molar-refractivity contribution in [1.82, 2.24) is 10.1 Å². The summed E-state index contributed by atoms with van der Waals surface area (Å²) in [4.78, 5) is 6.67. The zero-order valence-electron chi connectivity index (χ0n) is 10.9. The quantitative estimate of drug-likeness (QED) is 0.839. The second-order valence-electron chi connectivity index (χ2n) is 4.89. The smallest absolute Gasteiger partial charge is 0.266 e. The number of para-hydroxylation sites is 1. The molecule has 1 aliphatic rings. The second-order valence-corrected chi connectivity index (χ2v) is 4.89. The molecular weight excluding hydrogens is 240 g/mol. The molecule has 1 saturated heterocycles. The summed E-state index contributed by atoms with van der Waals surface area (Å²) < 4.78 is 5.34.